The molecule has 0 aliphatic carbocycles. The first-order valence-electron chi connectivity index (χ1n) is 9.98. The molecule has 1 aromatic carbocycles. The van der Waals surface area contributed by atoms with Crippen molar-refractivity contribution >= 4 is 29.5 Å². The van der Waals surface area contributed by atoms with E-state index in [0.717, 1.165) is 19.3 Å². The Bertz CT molecular complexity index is 828. The van der Waals surface area contributed by atoms with Crippen LogP contribution in [-0.4, -0.2) is 46.5 Å². The van der Waals surface area contributed by atoms with Crippen LogP contribution in [0.4, 0.5) is 4.79 Å². The Kier molecular flexibility index (Phi) is 5.81. The molecular formula is C21H28ClN3O4. The third kappa shape index (κ3) is 3.68. The first kappa shape index (κ1) is 21.4. The highest BCUT2D eigenvalue weighted by Gasteiger charge is 2.72. The van der Waals surface area contributed by atoms with Crippen LogP contribution in [0.2, 0.25) is 0 Å². The van der Waals surface area contributed by atoms with E-state index >= 15 is 0 Å². The Morgan fingerprint density at radius 1 is 1.28 bits per heavy atom. The number of ether oxygens (including phenoxy) is 1. The molecule has 2 saturated heterocycles. The third-order valence-corrected chi connectivity index (χ3v) is 6.75. The fraction of sp³-hybridized carbons (Fsp3) is 0.571. The summed E-state index contributed by atoms with van der Waals surface area (Å²) in [6, 6.07) is 6.14. The molecule has 0 unspecified atom stereocenters. The summed E-state index contributed by atoms with van der Waals surface area (Å²) in [4.78, 5) is 39.2. The van der Waals surface area contributed by atoms with Gasteiger partial charge in [-0.05, 0) is 18.6 Å². The molecule has 0 radical (unpaired) electrons. The Morgan fingerprint density at radius 3 is 2.55 bits per heavy atom. The third-order valence-electron chi connectivity index (χ3n) is 5.82. The monoisotopic (exact) mass is 421 g/mol. The van der Waals surface area contributed by atoms with Crippen molar-refractivity contribution in [3.8, 4) is 0 Å². The fourth-order valence-electron chi connectivity index (χ4n) is 4.24. The molecule has 8 heteroatoms. The van der Waals surface area contributed by atoms with E-state index < -0.39 is 28.5 Å². The second kappa shape index (κ2) is 7.86. The van der Waals surface area contributed by atoms with E-state index in [1.54, 1.807) is 23.1 Å². The number of alkyl halides is 1. The van der Waals surface area contributed by atoms with Crippen LogP contribution in [0.25, 0.3) is 0 Å². The number of primary amides is 1. The SMILES string of the molecule is CCCCC[C@@H]1N(C(=O)c2ccccc2C(N)=O)[C@@]12NC(=O)OCC(C)(C)[C@@H]2Cl. The standard InChI is InChI=1S/C21H28ClN3O4/c1-4-5-6-11-15-21(18(22)20(2,3)12-29-19(28)24-21)25(15)17(27)14-10-8-7-9-13(14)16(23)26/h7-10,15,18H,4-6,11-12H2,1-3H3,(H2,23,26)(H,24,28)/t15-,18-,21-,25?/m0/s1. The van der Waals surface area contributed by atoms with Gasteiger partial charge in [-0.15, -0.1) is 11.6 Å². The topological polar surface area (TPSA) is 101 Å². The predicted octanol–water partition coefficient (Wildman–Crippen LogP) is 3.26. The number of carbonyl (C=O) groups is 3. The van der Waals surface area contributed by atoms with E-state index in [1.807, 2.05) is 13.8 Å². The van der Waals surface area contributed by atoms with Crippen molar-refractivity contribution < 1.29 is 19.1 Å². The summed E-state index contributed by atoms with van der Waals surface area (Å²) < 4.78 is 5.29. The number of hydrogen-bond donors (Lipinski definition) is 2. The molecule has 1 aromatic rings. The van der Waals surface area contributed by atoms with Crippen LogP contribution in [0.15, 0.2) is 24.3 Å². The number of carbonyl (C=O) groups excluding carboxylic acids is 3. The number of unbranched alkanes of at least 4 members (excludes halogenated alkanes) is 2. The summed E-state index contributed by atoms with van der Waals surface area (Å²) in [7, 11) is 0. The van der Waals surface area contributed by atoms with Gasteiger partial charge in [-0.1, -0.05) is 52.2 Å². The lowest BCUT2D eigenvalue weighted by molar-refractivity contribution is 0.0820. The molecule has 3 amide bonds. The van der Waals surface area contributed by atoms with Gasteiger partial charge in [0.2, 0.25) is 5.91 Å². The van der Waals surface area contributed by atoms with E-state index in [0.29, 0.717) is 6.42 Å². The highest BCUT2D eigenvalue weighted by Crippen LogP contribution is 2.53. The van der Waals surface area contributed by atoms with E-state index in [4.69, 9.17) is 22.1 Å². The zero-order chi connectivity index (χ0) is 21.4. The van der Waals surface area contributed by atoms with Crippen molar-refractivity contribution in [2.75, 3.05) is 6.61 Å². The first-order valence-corrected chi connectivity index (χ1v) is 10.4. The zero-order valence-electron chi connectivity index (χ0n) is 17.0. The summed E-state index contributed by atoms with van der Waals surface area (Å²) in [6.45, 7) is 6.07. The molecule has 2 aliphatic rings. The molecule has 2 heterocycles. The molecule has 2 aliphatic heterocycles. The summed E-state index contributed by atoms with van der Waals surface area (Å²) >= 11 is 6.89. The highest BCUT2D eigenvalue weighted by atomic mass is 35.5. The van der Waals surface area contributed by atoms with Gasteiger partial charge in [0, 0.05) is 5.41 Å². The van der Waals surface area contributed by atoms with Crippen molar-refractivity contribution in [1.82, 2.24) is 10.2 Å². The fourth-order valence-corrected chi connectivity index (χ4v) is 4.61. The Balaban J connectivity index is 2.02. The van der Waals surface area contributed by atoms with Gasteiger partial charge in [0.25, 0.3) is 5.91 Å². The number of nitrogens with one attached hydrogen (secondary N) is 1. The predicted molar refractivity (Wildman–Crippen MR) is 110 cm³/mol. The molecule has 0 aromatic heterocycles. The average molecular weight is 422 g/mol. The van der Waals surface area contributed by atoms with Gasteiger partial charge in [-0.3, -0.25) is 14.9 Å². The van der Waals surface area contributed by atoms with Crippen molar-refractivity contribution in [3.63, 3.8) is 0 Å². The van der Waals surface area contributed by atoms with Crippen LogP contribution in [0.3, 0.4) is 0 Å². The van der Waals surface area contributed by atoms with Crippen LogP contribution in [0.5, 0.6) is 0 Å². The Hall–Kier alpha value is -2.28. The van der Waals surface area contributed by atoms with Crippen molar-refractivity contribution in [2.24, 2.45) is 11.1 Å². The normalized spacial score (nSPS) is 27.7. The number of alkyl carbamates (subject to hydrolysis) is 1. The van der Waals surface area contributed by atoms with E-state index in [1.165, 1.54) is 6.07 Å². The number of nitrogens with two attached hydrogens (primary N) is 1. The van der Waals surface area contributed by atoms with Gasteiger partial charge < -0.3 is 15.4 Å². The van der Waals surface area contributed by atoms with Crippen molar-refractivity contribution in [2.45, 2.75) is 63.5 Å². The summed E-state index contributed by atoms with van der Waals surface area (Å²) in [5.41, 5.74) is 4.21. The van der Waals surface area contributed by atoms with Gasteiger partial charge in [0.15, 0.2) is 5.66 Å². The maximum atomic E-state index is 13.5. The maximum Gasteiger partial charge on any atom is 0.409 e. The summed E-state index contributed by atoms with van der Waals surface area (Å²) in [5, 5.41) is 2.29. The van der Waals surface area contributed by atoms with Gasteiger partial charge in [0.05, 0.1) is 29.2 Å². The van der Waals surface area contributed by atoms with Gasteiger partial charge in [-0.25, -0.2) is 4.79 Å². The van der Waals surface area contributed by atoms with Gasteiger partial charge in [-0.2, -0.15) is 0 Å². The minimum absolute atomic E-state index is 0.147. The second-order valence-corrected chi connectivity index (χ2v) is 8.91. The van der Waals surface area contributed by atoms with Crippen molar-refractivity contribution in [3.05, 3.63) is 35.4 Å². The second-order valence-electron chi connectivity index (χ2n) is 8.47. The van der Waals surface area contributed by atoms with Crippen LogP contribution in [0.1, 0.15) is 67.2 Å². The molecule has 29 heavy (non-hydrogen) atoms. The van der Waals surface area contributed by atoms with Crippen LogP contribution >= 0.6 is 11.6 Å². The minimum atomic E-state index is -1.06. The smallest absolute Gasteiger partial charge is 0.409 e. The number of hydrogen-bond acceptors (Lipinski definition) is 4. The molecule has 0 saturated carbocycles. The zero-order valence-corrected chi connectivity index (χ0v) is 17.8. The van der Waals surface area contributed by atoms with Crippen LogP contribution in [-0.2, 0) is 4.74 Å². The van der Waals surface area contributed by atoms with E-state index in [2.05, 4.69) is 12.2 Å². The van der Waals surface area contributed by atoms with Gasteiger partial charge in [0.1, 0.15) is 0 Å². The van der Waals surface area contributed by atoms with Crippen molar-refractivity contribution in [1.29, 1.82) is 0 Å². The quantitative estimate of drug-likeness (QED) is 0.418. The number of benzene rings is 1. The highest BCUT2D eigenvalue weighted by molar-refractivity contribution is 6.23. The molecule has 7 nitrogen and oxygen atoms in total. The van der Waals surface area contributed by atoms with Crippen LogP contribution in [0, 0.1) is 5.41 Å². The largest absolute Gasteiger partial charge is 0.449 e. The molecule has 0 bridgehead atoms. The molecule has 158 valence electrons. The van der Waals surface area contributed by atoms with E-state index in [9.17, 15) is 14.4 Å². The molecule has 2 fully saturated rings. The molecule has 1 spiro atoms. The minimum Gasteiger partial charge on any atom is -0.449 e. The number of halogens is 1. The lowest BCUT2D eigenvalue weighted by Gasteiger charge is -2.31. The molecule has 3 N–H and O–H groups in total. The van der Waals surface area contributed by atoms with E-state index in [-0.39, 0.29) is 29.7 Å². The number of cyclic esters (lactones) is 1. The summed E-state index contributed by atoms with van der Waals surface area (Å²) in [5.74, 6) is -1.05. The lowest BCUT2D eigenvalue weighted by atomic mass is 9.84. The summed E-state index contributed by atoms with van der Waals surface area (Å²) in [6.07, 6.45) is 3.03. The molecule has 3 rings (SSSR count). The Morgan fingerprint density at radius 2 is 1.93 bits per heavy atom. The average Bonchev–Trinajstić information content (AvgIpc) is 3.33. The number of rotatable bonds is 6. The number of nitrogens with zero attached hydrogens (tertiary/aromatic N) is 1. The Labute approximate surface area is 175 Å². The molecule has 3 atom stereocenters. The maximum absolute atomic E-state index is 13.5. The molecular weight excluding hydrogens is 394 g/mol. The van der Waals surface area contributed by atoms with Gasteiger partial charge >= 0.3 is 6.09 Å². The van der Waals surface area contributed by atoms with Crippen LogP contribution < -0.4 is 11.1 Å². The first-order chi connectivity index (χ1) is 13.7. The number of amides is 3. The lowest BCUT2D eigenvalue weighted by Crippen LogP contribution is -2.52.